The first-order chi connectivity index (χ1) is 7.65. The molecule has 2 N–H and O–H groups in total. The average molecular weight is 222 g/mol. The fraction of sp³-hybridized carbons (Fsp3) is 0.636. The molecule has 1 aliphatic rings. The number of aromatic amines is 1. The van der Waals surface area contributed by atoms with Gasteiger partial charge in [-0.05, 0) is 33.4 Å². The van der Waals surface area contributed by atoms with Crippen LogP contribution in [-0.4, -0.2) is 47.0 Å². The van der Waals surface area contributed by atoms with Gasteiger partial charge < -0.3 is 15.2 Å². The molecule has 1 fully saturated rings. The van der Waals surface area contributed by atoms with E-state index in [2.05, 4.69) is 27.2 Å². The van der Waals surface area contributed by atoms with Crippen LogP contribution in [0.2, 0.25) is 0 Å². The summed E-state index contributed by atoms with van der Waals surface area (Å²) in [4.78, 5) is 21.0. The summed E-state index contributed by atoms with van der Waals surface area (Å²) in [6, 6.07) is 0.259. The number of aromatic nitrogens is 2. The number of amides is 1. The van der Waals surface area contributed by atoms with Crippen LogP contribution in [-0.2, 0) is 0 Å². The minimum Gasteiger partial charge on any atom is -0.347 e. The Morgan fingerprint density at radius 1 is 1.69 bits per heavy atom. The highest BCUT2D eigenvalue weighted by Crippen LogP contribution is 2.08. The van der Waals surface area contributed by atoms with Crippen LogP contribution >= 0.6 is 0 Å². The molecule has 88 valence electrons. The van der Waals surface area contributed by atoms with Crippen molar-refractivity contribution in [3.63, 3.8) is 0 Å². The highest BCUT2D eigenvalue weighted by Gasteiger charge is 2.20. The molecule has 0 spiro atoms. The van der Waals surface area contributed by atoms with Crippen LogP contribution < -0.4 is 5.32 Å². The molecule has 1 atom stereocenters. The van der Waals surface area contributed by atoms with Crippen molar-refractivity contribution in [2.24, 2.45) is 0 Å². The minimum atomic E-state index is -0.0547. The van der Waals surface area contributed by atoms with E-state index in [9.17, 15) is 4.79 Å². The van der Waals surface area contributed by atoms with E-state index in [1.165, 1.54) is 0 Å². The number of likely N-dealkylation sites (tertiary alicyclic amines) is 1. The smallest absolute Gasteiger partial charge is 0.269 e. The van der Waals surface area contributed by atoms with Gasteiger partial charge in [-0.1, -0.05) is 0 Å². The highest BCUT2D eigenvalue weighted by molar-refractivity contribution is 5.92. The number of imidazole rings is 1. The van der Waals surface area contributed by atoms with Crippen LogP contribution in [0, 0.1) is 6.92 Å². The number of carbonyl (C=O) groups excluding carboxylic acids is 1. The van der Waals surface area contributed by atoms with Gasteiger partial charge in [-0.25, -0.2) is 4.98 Å². The molecule has 1 saturated heterocycles. The Bertz CT molecular complexity index is 374. The Morgan fingerprint density at radius 3 is 3.12 bits per heavy atom. The van der Waals surface area contributed by atoms with Crippen molar-refractivity contribution in [1.82, 2.24) is 20.2 Å². The highest BCUT2D eigenvalue weighted by atomic mass is 16.2. The fourth-order valence-corrected chi connectivity index (χ4v) is 2.08. The van der Waals surface area contributed by atoms with Crippen molar-refractivity contribution in [3.8, 4) is 0 Å². The summed E-state index contributed by atoms with van der Waals surface area (Å²) >= 11 is 0. The first-order valence-corrected chi connectivity index (χ1v) is 5.66. The third-order valence-corrected chi connectivity index (χ3v) is 2.91. The summed E-state index contributed by atoms with van der Waals surface area (Å²) in [6.07, 6.45) is 3.78. The molecular weight excluding hydrogens is 204 g/mol. The Balaban J connectivity index is 1.92. The van der Waals surface area contributed by atoms with Crippen molar-refractivity contribution < 1.29 is 4.79 Å². The number of hydrogen-bond acceptors (Lipinski definition) is 3. The lowest BCUT2D eigenvalue weighted by molar-refractivity contribution is 0.0908. The largest absolute Gasteiger partial charge is 0.347 e. The number of likely N-dealkylation sites (N-methyl/N-ethyl adjacent to an activating group) is 1. The minimum absolute atomic E-state index is 0.0547. The first kappa shape index (κ1) is 11.1. The van der Waals surface area contributed by atoms with Crippen LogP contribution in [0.25, 0.3) is 0 Å². The van der Waals surface area contributed by atoms with Gasteiger partial charge in [0.1, 0.15) is 11.5 Å². The normalized spacial score (nSPS) is 22.0. The van der Waals surface area contributed by atoms with Gasteiger partial charge in [-0.15, -0.1) is 0 Å². The van der Waals surface area contributed by atoms with E-state index in [-0.39, 0.29) is 11.9 Å². The lowest BCUT2D eigenvalue weighted by atomic mass is 10.1. The standard InChI is InChI=1S/C11H18N4O/c1-8-12-6-10(13-8)11(16)14-9-4-3-5-15(2)7-9/h6,9H,3-5,7H2,1-2H3,(H,12,13)(H,14,16)/t9-/m1/s1. The summed E-state index contributed by atoms with van der Waals surface area (Å²) in [5, 5.41) is 3.03. The summed E-state index contributed by atoms with van der Waals surface area (Å²) in [5.41, 5.74) is 0.547. The zero-order chi connectivity index (χ0) is 11.5. The zero-order valence-electron chi connectivity index (χ0n) is 9.79. The molecule has 1 aliphatic heterocycles. The molecule has 1 aromatic rings. The van der Waals surface area contributed by atoms with Gasteiger partial charge in [0, 0.05) is 12.6 Å². The third kappa shape index (κ3) is 2.61. The van der Waals surface area contributed by atoms with Gasteiger partial charge in [-0.3, -0.25) is 4.79 Å². The molecule has 5 heteroatoms. The topological polar surface area (TPSA) is 61.0 Å². The lowest BCUT2D eigenvalue weighted by Crippen LogP contribution is -2.46. The van der Waals surface area contributed by atoms with Crippen LogP contribution in [0.15, 0.2) is 6.20 Å². The number of aryl methyl sites for hydroxylation is 1. The van der Waals surface area contributed by atoms with E-state index in [1.54, 1.807) is 6.20 Å². The summed E-state index contributed by atoms with van der Waals surface area (Å²) in [7, 11) is 2.08. The molecule has 0 bridgehead atoms. The van der Waals surface area contributed by atoms with E-state index in [0.717, 1.165) is 31.8 Å². The Morgan fingerprint density at radius 2 is 2.50 bits per heavy atom. The number of piperidine rings is 1. The number of H-pyrrole nitrogens is 1. The second kappa shape index (κ2) is 4.65. The second-order valence-electron chi connectivity index (χ2n) is 4.46. The van der Waals surface area contributed by atoms with E-state index in [4.69, 9.17) is 0 Å². The summed E-state index contributed by atoms with van der Waals surface area (Å²) < 4.78 is 0. The van der Waals surface area contributed by atoms with Crippen molar-refractivity contribution >= 4 is 5.91 Å². The maximum atomic E-state index is 11.8. The van der Waals surface area contributed by atoms with Crippen molar-refractivity contribution in [2.75, 3.05) is 20.1 Å². The maximum Gasteiger partial charge on any atom is 0.269 e. The maximum absolute atomic E-state index is 11.8. The predicted molar refractivity (Wildman–Crippen MR) is 61.3 cm³/mol. The van der Waals surface area contributed by atoms with Gasteiger partial charge in [0.05, 0.1) is 6.20 Å². The fourth-order valence-electron chi connectivity index (χ4n) is 2.08. The lowest BCUT2D eigenvalue weighted by Gasteiger charge is -2.29. The van der Waals surface area contributed by atoms with Gasteiger partial charge >= 0.3 is 0 Å². The molecule has 2 rings (SSSR count). The molecular formula is C11H18N4O. The Hall–Kier alpha value is -1.36. The molecule has 1 amide bonds. The first-order valence-electron chi connectivity index (χ1n) is 5.66. The quantitative estimate of drug-likeness (QED) is 0.768. The van der Waals surface area contributed by atoms with Crippen molar-refractivity contribution in [2.45, 2.75) is 25.8 Å². The Kier molecular flexibility index (Phi) is 3.24. The monoisotopic (exact) mass is 222 g/mol. The second-order valence-corrected chi connectivity index (χ2v) is 4.46. The molecule has 0 aromatic carbocycles. The van der Waals surface area contributed by atoms with Gasteiger partial charge in [0.2, 0.25) is 0 Å². The molecule has 2 heterocycles. The summed E-state index contributed by atoms with van der Waals surface area (Å²) in [5.74, 6) is 0.715. The molecule has 0 saturated carbocycles. The molecule has 0 unspecified atom stereocenters. The molecule has 1 aromatic heterocycles. The molecule has 16 heavy (non-hydrogen) atoms. The predicted octanol–water partition coefficient (Wildman–Crippen LogP) is 0.542. The van der Waals surface area contributed by atoms with E-state index >= 15 is 0 Å². The van der Waals surface area contributed by atoms with E-state index in [1.807, 2.05) is 6.92 Å². The van der Waals surface area contributed by atoms with E-state index in [0.29, 0.717) is 5.69 Å². The van der Waals surface area contributed by atoms with Crippen molar-refractivity contribution in [3.05, 3.63) is 17.7 Å². The van der Waals surface area contributed by atoms with Crippen LogP contribution in [0.3, 0.4) is 0 Å². The number of carbonyl (C=O) groups is 1. The van der Waals surface area contributed by atoms with Gasteiger partial charge in [0.25, 0.3) is 5.91 Å². The average Bonchev–Trinajstić information content (AvgIpc) is 2.65. The summed E-state index contributed by atoms with van der Waals surface area (Å²) in [6.45, 7) is 3.89. The number of rotatable bonds is 2. The number of hydrogen-bond donors (Lipinski definition) is 2. The molecule has 5 nitrogen and oxygen atoms in total. The van der Waals surface area contributed by atoms with Crippen LogP contribution in [0.4, 0.5) is 0 Å². The third-order valence-electron chi connectivity index (χ3n) is 2.91. The van der Waals surface area contributed by atoms with Crippen molar-refractivity contribution in [1.29, 1.82) is 0 Å². The Labute approximate surface area is 95.2 Å². The van der Waals surface area contributed by atoms with Gasteiger partial charge in [0.15, 0.2) is 0 Å². The van der Waals surface area contributed by atoms with Gasteiger partial charge in [-0.2, -0.15) is 0 Å². The van der Waals surface area contributed by atoms with Crippen LogP contribution in [0.5, 0.6) is 0 Å². The SMILES string of the molecule is Cc1ncc(C(=O)N[C@@H]2CCCN(C)C2)[nH]1. The van der Waals surface area contributed by atoms with E-state index < -0.39 is 0 Å². The molecule has 0 radical (unpaired) electrons. The number of nitrogens with zero attached hydrogens (tertiary/aromatic N) is 2. The number of nitrogens with one attached hydrogen (secondary N) is 2. The van der Waals surface area contributed by atoms with Crippen LogP contribution in [0.1, 0.15) is 29.2 Å². The zero-order valence-corrected chi connectivity index (χ0v) is 9.79. The molecule has 0 aliphatic carbocycles.